The van der Waals surface area contributed by atoms with Gasteiger partial charge in [-0.15, -0.1) is 0 Å². The van der Waals surface area contributed by atoms with Gasteiger partial charge in [0, 0.05) is 23.7 Å². The van der Waals surface area contributed by atoms with Gasteiger partial charge in [-0.3, -0.25) is 4.90 Å². The lowest BCUT2D eigenvalue weighted by Gasteiger charge is -2.41. The van der Waals surface area contributed by atoms with E-state index in [1.165, 1.54) is 24.8 Å². The van der Waals surface area contributed by atoms with E-state index in [0.717, 1.165) is 6.54 Å². The van der Waals surface area contributed by atoms with Gasteiger partial charge in [-0.05, 0) is 39.3 Å². The van der Waals surface area contributed by atoms with Crippen LogP contribution in [-0.4, -0.2) is 23.5 Å². The molecule has 1 aromatic heterocycles. The lowest BCUT2D eigenvalue weighted by Crippen LogP contribution is -2.49. The van der Waals surface area contributed by atoms with E-state index in [-0.39, 0.29) is 6.04 Å². The predicted octanol–water partition coefficient (Wildman–Crippen LogP) is 2.54. The first-order chi connectivity index (χ1) is 7.70. The van der Waals surface area contributed by atoms with Crippen molar-refractivity contribution < 1.29 is 4.42 Å². The maximum Gasteiger partial charge on any atom is 0.0950 e. The zero-order valence-electron chi connectivity index (χ0n) is 10.2. The third-order valence-corrected chi connectivity index (χ3v) is 3.72. The highest BCUT2D eigenvalue weighted by atomic mass is 16.3. The van der Waals surface area contributed by atoms with Crippen LogP contribution in [0.3, 0.4) is 0 Å². The Labute approximate surface area is 97.6 Å². The summed E-state index contributed by atoms with van der Waals surface area (Å²) in [5.41, 5.74) is 7.34. The van der Waals surface area contributed by atoms with E-state index in [1.54, 1.807) is 6.26 Å². The first-order valence-electron chi connectivity index (χ1n) is 6.23. The summed E-state index contributed by atoms with van der Waals surface area (Å²) in [5, 5.41) is 0. The molecule has 2 heterocycles. The van der Waals surface area contributed by atoms with E-state index in [9.17, 15) is 0 Å². The zero-order chi connectivity index (χ0) is 11.5. The molecule has 0 spiro atoms. The Hall–Kier alpha value is -0.800. The summed E-state index contributed by atoms with van der Waals surface area (Å²) in [7, 11) is 0. The molecule has 3 atom stereocenters. The number of hydrogen-bond donors (Lipinski definition) is 1. The van der Waals surface area contributed by atoms with Crippen LogP contribution in [0, 0.1) is 0 Å². The Balaban J connectivity index is 2.11. The molecule has 0 amide bonds. The van der Waals surface area contributed by atoms with Crippen molar-refractivity contribution in [2.75, 3.05) is 6.54 Å². The maximum absolute atomic E-state index is 6.08. The lowest BCUT2D eigenvalue weighted by molar-refractivity contribution is 0.0887. The smallest absolute Gasteiger partial charge is 0.0950 e. The van der Waals surface area contributed by atoms with Crippen LogP contribution in [0.2, 0.25) is 0 Å². The lowest BCUT2D eigenvalue weighted by atomic mass is 9.94. The Bertz CT molecular complexity index is 308. The third-order valence-electron chi connectivity index (χ3n) is 3.72. The van der Waals surface area contributed by atoms with E-state index in [0.29, 0.717) is 12.1 Å². The molecule has 3 nitrogen and oxygen atoms in total. The van der Waals surface area contributed by atoms with Crippen molar-refractivity contribution >= 4 is 0 Å². The van der Waals surface area contributed by atoms with Crippen LogP contribution in [0.1, 0.15) is 44.7 Å². The first-order valence-corrected chi connectivity index (χ1v) is 6.23. The molecule has 90 valence electrons. The molecule has 1 aliphatic rings. The normalized spacial score (nSPS) is 26.6. The molecule has 0 aromatic carbocycles. The molecule has 16 heavy (non-hydrogen) atoms. The van der Waals surface area contributed by atoms with Crippen LogP contribution in [0.15, 0.2) is 23.0 Å². The number of nitrogens with two attached hydrogens (primary N) is 1. The van der Waals surface area contributed by atoms with Crippen LogP contribution < -0.4 is 5.73 Å². The third kappa shape index (κ3) is 2.30. The molecule has 1 fully saturated rings. The highest BCUT2D eigenvalue weighted by Gasteiger charge is 2.29. The number of nitrogens with zero attached hydrogens (tertiary/aromatic N) is 1. The van der Waals surface area contributed by atoms with Crippen molar-refractivity contribution in [3.63, 3.8) is 0 Å². The number of likely N-dealkylation sites (tertiary alicyclic amines) is 1. The van der Waals surface area contributed by atoms with E-state index in [4.69, 9.17) is 10.2 Å². The molecular formula is C13H22N2O. The molecule has 0 bridgehead atoms. The van der Waals surface area contributed by atoms with E-state index in [2.05, 4.69) is 24.8 Å². The fourth-order valence-electron chi connectivity index (χ4n) is 2.73. The minimum atomic E-state index is 0.245. The molecule has 1 saturated heterocycles. The van der Waals surface area contributed by atoms with Crippen molar-refractivity contribution in [2.45, 2.75) is 51.2 Å². The topological polar surface area (TPSA) is 42.4 Å². The SMILES string of the molecule is CC(N)C1CCCCN1C(C)c1ccoc1. The number of hydrogen-bond acceptors (Lipinski definition) is 3. The molecule has 0 saturated carbocycles. The van der Waals surface area contributed by atoms with Gasteiger partial charge in [-0.25, -0.2) is 0 Å². The summed E-state index contributed by atoms with van der Waals surface area (Å²) >= 11 is 0. The van der Waals surface area contributed by atoms with Crippen LogP contribution in [0.25, 0.3) is 0 Å². The van der Waals surface area contributed by atoms with E-state index < -0.39 is 0 Å². The second kappa shape index (κ2) is 5.02. The minimum absolute atomic E-state index is 0.245. The second-order valence-electron chi connectivity index (χ2n) is 4.89. The van der Waals surface area contributed by atoms with E-state index in [1.807, 2.05) is 6.26 Å². The van der Waals surface area contributed by atoms with Crippen molar-refractivity contribution in [3.8, 4) is 0 Å². The summed E-state index contributed by atoms with van der Waals surface area (Å²) in [4.78, 5) is 2.53. The summed E-state index contributed by atoms with van der Waals surface area (Å²) < 4.78 is 5.16. The fourth-order valence-corrected chi connectivity index (χ4v) is 2.73. The standard InChI is InChI=1S/C13H22N2O/c1-10(14)13-5-3-4-7-15(13)11(2)12-6-8-16-9-12/h6,8-11,13H,3-5,7,14H2,1-2H3. The van der Waals surface area contributed by atoms with Gasteiger partial charge in [-0.1, -0.05) is 6.42 Å². The molecule has 2 N–H and O–H groups in total. The molecule has 1 aliphatic heterocycles. The van der Waals surface area contributed by atoms with Gasteiger partial charge in [0.25, 0.3) is 0 Å². The zero-order valence-corrected chi connectivity index (χ0v) is 10.2. The summed E-state index contributed by atoms with van der Waals surface area (Å²) in [6.07, 6.45) is 7.40. The summed E-state index contributed by atoms with van der Waals surface area (Å²) in [6, 6.07) is 3.22. The second-order valence-corrected chi connectivity index (χ2v) is 4.89. The molecule has 0 aliphatic carbocycles. The molecule has 2 rings (SSSR count). The van der Waals surface area contributed by atoms with Gasteiger partial charge in [0.1, 0.15) is 0 Å². The highest BCUT2D eigenvalue weighted by Crippen LogP contribution is 2.29. The molecule has 3 heteroatoms. The first kappa shape index (κ1) is 11.7. The van der Waals surface area contributed by atoms with Crippen LogP contribution in [-0.2, 0) is 0 Å². The quantitative estimate of drug-likeness (QED) is 0.854. The summed E-state index contributed by atoms with van der Waals surface area (Å²) in [5.74, 6) is 0. The number of rotatable bonds is 3. The largest absolute Gasteiger partial charge is 0.472 e. The van der Waals surface area contributed by atoms with Crippen LogP contribution in [0.4, 0.5) is 0 Å². The summed E-state index contributed by atoms with van der Waals surface area (Å²) in [6.45, 7) is 5.51. The van der Waals surface area contributed by atoms with Crippen molar-refractivity contribution in [1.29, 1.82) is 0 Å². The van der Waals surface area contributed by atoms with Gasteiger partial charge in [-0.2, -0.15) is 0 Å². The van der Waals surface area contributed by atoms with Crippen molar-refractivity contribution in [3.05, 3.63) is 24.2 Å². The molecular weight excluding hydrogens is 200 g/mol. The Morgan fingerprint density at radius 1 is 1.44 bits per heavy atom. The average Bonchev–Trinajstić information content (AvgIpc) is 2.81. The van der Waals surface area contributed by atoms with Gasteiger partial charge in [0.05, 0.1) is 12.5 Å². The number of furan rings is 1. The average molecular weight is 222 g/mol. The number of piperidine rings is 1. The van der Waals surface area contributed by atoms with Gasteiger partial charge in [0.2, 0.25) is 0 Å². The predicted molar refractivity (Wildman–Crippen MR) is 65.1 cm³/mol. The Kier molecular flexibility index (Phi) is 3.66. The Morgan fingerprint density at radius 2 is 2.25 bits per heavy atom. The van der Waals surface area contributed by atoms with Gasteiger partial charge >= 0.3 is 0 Å². The van der Waals surface area contributed by atoms with Crippen molar-refractivity contribution in [1.82, 2.24) is 4.90 Å². The van der Waals surface area contributed by atoms with Gasteiger partial charge in [0.15, 0.2) is 0 Å². The highest BCUT2D eigenvalue weighted by molar-refractivity contribution is 5.11. The van der Waals surface area contributed by atoms with Crippen LogP contribution in [0.5, 0.6) is 0 Å². The molecule has 1 aromatic rings. The van der Waals surface area contributed by atoms with E-state index >= 15 is 0 Å². The fraction of sp³-hybridized carbons (Fsp3) is 0.692. The molecule has 3 unspecified atom stereocenters. The van der Waals surface area contributed by atoms with Gasteiger partial charge < -0.3 is 10.2 Å². The van der Waals surface area contributed by atoms with Crippen LogP contribution >= 0.6 is 0 Å². The monoisotopic (exact) mass is 222 g/mol. The van der Waals surface area contributed by atoms with Crippen molar-refractivity contribution in [2.24, 2.45) is 5.73 Å². The Morgan fingerprint density at radius 3 is 2.88 bits per heavy atom. The minimum Gasteiger partial charge on any atom is -0.472 e. The molecule has 0 radical (unpaired) electrons. The maximum atomic E-state index is 6.08.